The molecule has 0 saturated heterocycles. The van der Waals surface area contributed by atoms with Gasteiger partial charge in [0, 0.05) is 16.2 Å². The van der Waals surface area contributed by atoms with Gasteiger partial charge in [-0.15, -0.1) is 0 Å². The number of halogens is 1. The van der Waals surface area contributed by atoms with Crippen LogP contribution in [0.5, 0.6) is 0 Å². The van der Waals surface area contributed by atoms with Crippen molar-refractivity contribution in [1.82, 2.24) is 0 Å². The predicted molar refractivity (Wildman–Crippen MR) is 87.8 cm³/mol. The third-order valence-electron chi connectivity index (χ3n) is 4.01. The van der Waals surface area contributed by atoms with E-state index in [1.54, 1.807) is 0 Å². The molecule has 0 amide bonds. The number of rotatable bonds is 1. The summed E-state index contributed by atoms with van der Waals surface area (Å²) < 4.78 is 0. The first-order valence-electron chi connectivity index (χ1n) is 7.08. The van der Waals surface area contributed by atoms with Crippen LogP contribution in [0.25, 0.3) is 6.08 Å². The molecule has 0 aliphatic heterocycles. The normalized spacial score (nSPS) is 18.6. The van der Waals surface area contributed by atoms with Crippen molar-refractivity contribution in [3.05, 3.63) is 75.8 Å². The van der Waals surface area contributed by atoms with Crippen LogP contribution in [0.4, 0.5) is 0 Å². The summed E-state index contributed by atoms with van der Waals surface area (Å²) in [5, 5.41) is 0.687. The van der Waals surface area contributed by atoms with Gasteiger partial charge in [-0.2, -0.15) is 0 Å². The van der Waals surface area contributed by atoms with Gasteiger partial charge in [0.15, 0.2) is 5.78 Å². The largest absolute Gasteiger partial charge is 0.289 e. The van der Waals surface area contributed by atoms with Crippen LogP contribution in [0.15, 0.2) is 54.1 Å². The fourth-order valence-corrected chi connectivity index (χ4v) is 3.21. The molecule has 0 saturated carbocycles. The summed E-state index contributed by atoms with van der Waals surface area (Å²) in [6, 6.07) is 15.5. The van der Waals surface area contributed by atoms with Gasteiger partial charge in [-0.25, -0.2) is 0 Å². The monoisotopic (exact) mass is 296 g/mol. The highest BCUT2D eigenvalue weighted by molar-refractivity contribution is 6.30. The third kappa shape index (κ3) is 2.66. The Hall–Kier alpha value is -1.86. The van der Waals surface area contributed by atoms with Crippen molar-refractivity contribution < 1.29 is 4.79 Å². The Labute approximate surface area is 130 Å². The minimum atomic E-state index is -0.0328. The molecular formula is C19H17ClO. The van der Waals surface area contributed by atoms with Crippen LogP contribution in [0, 0.1) is 0 Å². The highest BCUT2D eigenvalue weighted by atomic mass is 35.5. The van der Waals surface area contributed by atoms with Crippen molar-refractivity contribution in [1.29, 1.82) is 0 Å². The molecule has 0 atom stereocenters. The second-order valence-corrected chi connectivity index (χ2v) is 6.60. The lowest BCUT2D eigenvalue weighted by Crippen LogP contribution is -2.29. The number of carbonyl (C=O) groups is 1. The van der Waals surface area contributed by atoms with Crippen molar-refractivity contribution >= 4 is 23.5 Å². The van der Waals surface area contributed by atoms with Gasteiger partial charge in [0.25, 0.3) is 0 Å². The number of allylic oxidation sites excluding steroid dienone is 1. The van der Waals surface area contributed by atoms with Gasteiger partial charge in [0.1, 0.15) is 0 Å². The second-order valence-electron chi connectivity index (χ2n) is 6.16. The molecule has 0 fully saturated rings. The zero-order valence-corrected chi connectivity index (χ0v) is 12.9. The van der Waals surface area contributed by atoms with Crippen molar-refractivity contribution in [2.24, 2.45) is 0 Å². The van der Waals surface area contributed by atoms with E-state index in [1.165, 1.54) is 0 Å². The first-order chi connectivity index (χ1) is 9.97. The first-order valence-corrected chi connectivity index (χ1v) is 7.45. The average Bonchev–Trinajstić information content (AvgIpc) is 2.44. The third-order valence-corrected chi connectivity index (χ3v) is 4.25. The molecule has 0 heterocycles. The molecule has 21 heavy (non-hydrogen) atoms. The quantitative estimate of drug-likeness (QED) is 0.654. The molecule has 0 aromatic heterocycles. The van der Waals surface area contributed by atoms with Gasteiger partial charge in [-0.05, 0) is 41.2 Å². The SMILES string of the molecule is CC1(C)CC(=Cc2cccc(Cl)c2)C(=O)c2ccccc21. The summed E-state index contributed by atoms with van der Waals surface area (Å²) in [5.74, 6) is 0.130. The lowest BCUT2D eigenvalue weighted by molar-refractivity contribution is 0.101. The van der Waals surface area contributed by atoms with Crippen LogP contribution in [0.3, 0.4) is 0 Å². The van der Waals surface area contributed by atoms with Crippen molar-refractivity contribution in [2.75, 3.05) is 0 Å². The van der Waals surface area contributed by atoms with E-state index in [2.05, 4.69) is 19.9 Å². The van der Waals surface area contributed by atoms with Crippen LogP contribution < -0.4 is 0 Å². The lowest BCUT2D eigenvalue weighted by atomic mass is 9.70. The lowest BCUT2D eigenvalue weighted by Gasteiger charge is -2.33. The van der Waals surface area contributed by atoms with Crippen LogP contribution in [0.1, 0.15) is 41.8 Å². The maximum atomic E-state index is 12.7. The van der Waals surface area contributed by atoms with E-state index in [1.807, 2.05) is 48.5 Å². The van der Waals surface area contributed by atoms with E-state index in [0.29, 0.717) is 5.02 Å². The Morgan fingerprint density at radius 1 is 1.10 bits per heavy atom. The van der Waals surface area contributed by atoms with E-state index in [-0.39, 0.29) is 11.2 Å². The molecule has 0 unspecified atom stereocenters. The Morgan fingerprint density at radius 2 is 1.86 bits per heavy atom. The van der Waals surface area contributed by atoms with Crippen LogP contribution in [-0.2, 0) is 5.41 Å². The van der Waals surface area contributed by atoms with E-state index in [4.69, 9.17) is 11.6 Å². The Bertz CT molecular complexity index is 741. The molecule has 3 rings (SSSR count). The number of hydrogen-bond donors (Lipinski definition) is 0. The first kappa shape index (κ1) is 14.1. The standard InChI is InChI=1S/C19H17ClO/c1-19(2)12-14(10-13-6-5-7-15(20)11-13)18(21)16-8-3-4-9-17(16)19/h3-11H,12H2,1-2H3. The van der Waals surface area contributed by atoms with Crippen molar-refractivity contribution in [2.45, 2.75) is 25.7 Å². The zero-order chi connectivity index (χ0) is 15.0. The van der Waals surface area contributed by atoms with Gasteiger partial charge >= 0.3 is 0 Å². The number of carbonyl (C=O) groups excluding carboxylic acids is 1. The van der Waals surface area contributed by atoms with Crippen LogP contribution in [0.2, 0.25) is 5.02 Å². The average molecular weight is 297 g/mol. The smallest absolute Gasteiger partial charge is 0.189 e. The summed E-state index contributed by atoms with van der Waals surface area (Å²) in [6.45, 7) is 4.37. The fraction of sp³-hybridized carbons (Fsp3) is 0.211. The Morgan fingerprint density at radius 3 is 2.62 bits per heavy atom. The minimum Gasteiger partial charge on any atom is -0.289 e. The Kier molecular flexibility index (Phi) is 3.46. The zero-order valence-electron chi connectivity index (χ0n) is 12.2. The predicted octanol–water partition coefficient (Wildman–Crippen LogP) is 5.29. The molecule has 106 valence electrons. The summed E-state index contributed by atoms with van der Waals surface area (Å²) in [6.07, 6.45) is 2.71. The highest BCUT2D eigenvalue weighted by Gasteiger charge is 2.34. The fourth-order valence-electron chi connectivity index (χ4n) is 3.01. The summed E-state index contributed by atoms with van der Waals surface area (Å²) >= 11 is 6.02. The molecule has 2 aromatic rings. The molecule has 0 N–H and O–H groups in total. The molecule has 0 spiro atoms. The topological polar surface area (TPSA) is 17.1 Å². The van der Waals surface area contributed by atoms with Gasteiger partial charge in [-0.1, -0.05) is 61.8 Å². The number of hydrogen-bond acceptors (Lipinski definition) is 1. The van der Waals surface area contributed by atoms with Crippen LogP contribution in [-0.4, -0.2) is 5.78 Å². The number of fused-ring (bicyclic) bond motifs is 1. The molecule has 0 radical (unpaired) electrons. The molecule has 2 aromatic carbocycles. The highest BCUT2D eigenvalue weighted by Crippen LogP contribution is 2.39. The molecule has 1 aliphatic rings. The van der Waals surface area contributed by atoms with E-state index >= 15 is 0 Å². The maximum Gasteiger partial charge on any atom is 0.189 e. The molecule has 1 nitrogen and oxygen atoms in total. The molecule has 0 bridgehead atoms. The van der Waals surface area contributed by atoms with Gasteiger partial charge in [-0.3, -0.25) is 4.79 Å². The number of ketones is 1. The second kappa shape index (κ2) is 5.16. The van der Waals surface area contributed by atoms with Crippen LogP contribution >= 0.6 is 11.6 Å². The van der Waals surface area contributed by atoms with E-state index in [0.717, 1.165) is 28.7 Å². The van der Waals surface area contributed by atoms with E-state index in [9.17, 15) is 4.79 Å². The molecular weight excluding hydrogens is 280 g/mol. The summed E-state index contributed by atoms with van der Waals surface area (Å²) in [5.41, 5.74) is 3.75. The van der Waals surface area contributed by atoms with Gasteiger partial charge < -0.3 is 0 Å². The molecule has 1 aliphatic carbocycles. The summed E-state index contributed by atoms with van der Waals surface area (Å²) in [7, 11) is 0. The minimum absolute atomic E-state index is 0.0328. The van der Waals surface area contributed by atoms with Crippen molar-refractivity contribution in [3.8, 4) is 0 Å². The maximum absolute atomic E-state index is 12.7. The van der Waals surface area contributed by atoms with Crippen molar-refractivity contribution in [3.63, 3.8) is 0 Å². The summed E-state index contributed by atoms with van der Waals surface area (Å²) in [4.78, 5) is 12.7. The van der Waals surface area contributed by atoms with E-state index < -0.39 is 0 Å². The van der Waals surface area contributed by atoms with Gasteiger partial charge in [0.05, 0.1) is 0 Å². The Balaban J connectivity index is 2.09. The number of benzene rings is 2. The number of Topliss-reactive ketones (excluding diaryl/α,β-unsaturated/α-hetero) is 1. The van der Waals surface area contributed by atoms with Gasteiger partial charge in [0.2, 0.25) is 0 Å². The molecule has 2 heteroatoms.